The van der Waals surface area contributed by atoms with Crippen LogP contribution in [0.4, 0.5) is 5.69 Å². The van der Waals surface area contributed by atoms with Crippen LogP contribution < -0.4 is 5.73 Å². The number of benzene rings is 3. The van der Waals surface area contributed by atoms with E-state index >= 15 is 0 Å². The Morgan fingerprint density at radius 2 is 1.33 bits per heavy atom. The molecule has 0 bridgehead atoms. The number of thioether (sulfide) groups is 1. The van der Waals surface area contributed by atoms with Crippen LogP contribution in [0.15, 0.2) is 89.9 Å². The SMILES string of the molecule is CC[C@@H](C)c1ccc(N=C(N)SC(c2ccccc2)c2ccccc2)cc1. The first-order valence-corrected chi connectivity index (χ1v) is 10.3. The van der Waals surface area contributed by atoms with Crippen molar-refractivity contribution in [3.63, 3.8) is 0 Å². The van der Waals surface area contributed by atoms with E-state index in [0.717, 1.165) is 12.1 Å². The van der Waals surface area contributed by atoms with Gasteiger partial charge in [-0.05, 0) is 41.2 Å². The summed E-state index contributed by atoms with van der Waals surface area (Å²) in [5.41, 5.74) is 11.0. The summed E-state index contributed by atoms with van der Waals surface area (Å²) in [6.07, 6.45) is 1.14. The Hall–Kier alpha value is -2.52. The molecule has 0 unspecified atom stereocenters. The Morgan fingerprint density at radius 1 is 0.815 bits per heavy atom. The molecule has 3 aromatic rings. The van der Waals surface area contributed by atoms with Crippen LogP contribution in [0.2, 0.25) is 0 Å². The molecule has 0 aliphatic rings. The number of nitrogens with two attached hydrogens (primary N) is 1. The van der Waals surface area contributed by atoms with E-state index in [4.69, 9.17) is 5.73 Å². The third-order valence-corrected chi connectivity index (χ3v) is 5.87. The lowest BCUT2D eigenvalue weighted by molar-refractivity contribution is 0.734. The number of amidine groups is 1. The summed E-state index contributed by atoms with van der Waals surface area (Å²) in [5.74, 6) is 0.565. The van der Waals surface area contributed by atoms with E-state index in [9.17, 15) is 0 Å². The van der Waals surface area contributed by atoms with E-state index in [2.05, 4.69) is 91.6 Å². The van der Waals surface area contributed by atoms with Crippen molar-refractivity contribution in [3.05, 3.63) is 102 Å². The molecule has 0 amide bonds. The second-order valence-corrected chi connectivity index (χ2v) is 7.80. The molecular formula is C24H26N2S. The van der Waals surface area contributed by atoms with Crippen LogP contribution >= 0.6 is 11.8 Å². The Labute approximate surface area is 166 Å². The van der Waals surface area contributed by atoms with Gasteiger partial charge in [0.15, 0.2) is 5.17 Å². The molecule has 0 heterocycles. The van der Waals surface area contributed by atoms with Crippen molar-refractivity contribution in [2.45, 2.75) is 31.4 Å². The van der Waals surface area contributed by atoms with Gasteiger partial charge >= 0.3 is 0 Å². The summed E-state index contributed by atoms with van der Waals surface area (Å²) >= 11 is 1.59. The van der Waals surface area contributed by atoms with E-state index in [-0.39, 0.29) is 5.25 Å². The summed E-state index contributed by atoms with van der Waals surface area (Å²) in [6, 6.07) is 29.3. The van der Waals surface area contributed by atoms with Crippen molar-refractivity contribution in [2.75, 3.05) is 0 Å². The Kier molecular flexibility index (Phi) is 6.72. The van der Waals surface area contributed by atoms with Crippen LogP contribution in [0.5, 0.6) is 0 Å². The van der Waals surface area contributed by atoms with E-state index < -0.39 is 0 Å². The number of aliphatic imine (C=N–C) groups is 1. The number of hydrogen-bond acceptors (Lipinski definition) is 2. The van der Waals surface area contributed by atoms with Gasteiger partial charge in [-0.25, -0.2) is 4.99 Å². The first-order valence-electron chi connectivity index (χ1n) is 9.38. The maximum Gasteiger partial charge on any atom is 0.160 e. The lowest BCUT2D eigenvalue weighted by atomic mass is 9.99. The molecule has 0 aliphatic heterocycles. The van der Waals surface area contributed by atoms with Gasteiger partial charge in [0.2, 0.25) is 0 Å². The predicted molar refractivity (Wildman–Crippen MR) is 119 cm³/mol. The number of nitrogens with zero attached hydrogens (tertiary/aromatic N) is 1. The van der Waals surface area contributed by atoms with Crippen LogP contribution in [0.1, 0.15) is 48.1 Å². The van der Waals surface area contributed by atoms with Gasteiger partial charge in [0.25, 0.3) is 0 Å². The molecule has 3 aromatic carbocycles. The fraction of sp³-hybridized carbons (Fsp3) is 0.208. The van der Waals surface area contributed by atoms with Crippen molar-refractivity contribution in [3.8, 4) is 0 Å². The zero-order valence-electron chi connectivity index (χ0n) is 15.9. The zero-order valence-corrected chi connectivity index (χ0v) is 16.7. The van der Waals surface area contributed by atoms with Crippen LogP contribution in [-0.4, -0.2) is 5.17 Å². The van der Waals surface area contributed by atoms with E-state index in [1.165, 1.54) is 16.7 Å². The Bertz CT molecular complexity index is 818. The average Bonchev–Trinajstić information content (AvgIpc) is 2.73. The van der Waals surface area contributed by atoms with Crippen molar-refractivity contribution in [2.24, 2.45) is 10.7 Å². The molecule has 0 radical (unpaired) electrons. The van der Waals surface area contributed by atoms with Gasteiger partial charge in [-0.3, -0.25) is 0 Å². The van der Waals surface area contributed by atoms with Gasteiger partial charge in [-0.2, -0.15) is 0 Å². The Morgan fingerprint density at radius 3 is 1.81 bits per heavy atom. The van der Waals surface area contributed by atoms with E-state index in [1.807, 2.05) is 12.1 Å². The van der Waals surface area contributed by atoms with Crippen molar-refractivity contribution < 1.29 is 0 Å². The molecule has 1 atom stereocenters. The monoisotopic (exact) mass is 374 g/mol. The van der Waals surface area contributed by atoms with Gasteiger partial charge < -0.3 is 5.73 Å². The summed E-state index contributed by atoms with van der Waals surface area (Å²) in [5, 5.41) is 0.694. The molecule has 138 valence electrons. The molecule has 0 spiro atoms. The van der Waals surface area contributed by atoms with E-state index in [1.54, 1.807) is 11.8 Å². The van der Waals surface area contributed by atoms with Crippen LogP contribution in [-0.2, 0) is 0 Å². The summed E-state index contributed by atoms with van der Waals surface area (Å²) < 4.78 is 0. The Balaban J connectivity index is 1.82. The molecule has 0 aromatic heterocycles. The minimum atomic E-state index is 0.121. The van der Waals surface area contributed by atoms with Crippen LogP contribution in [0.3, 0.4) is 0 Å². The second kappa shape index (κ2) is 9.43. The lowest BCUT2D eigenvalue weighted by Gasteiger charge is -2.17. The third kappa shape index (κ3) is 5.24. The lowest BCUT2D eigenvalue weighted by Crippen LogP contribution is -2.10. The standard InChI is InChI=1S/C24H26N2S/c1-3-18(2)19-14-16-22(17-15-19)26-24(25)27-23(20-10-6-4-7-11-20)21-12-8-5-9-13-21/h4-18,23H,3H2,1-2H3,(H2,25,26)/t18-/m1/s1. The van der Waals surface area contributed by atoms with Crippen LogP contribution in [0.25, 0.3) is 0 Å². The highest BCUT2D eigenvalue weighted by Gasteiger charge is 2.16. The second-order valence-electron chi connectivity index (χ2n) is 6.67. The van der Waals surface area contributed by atoms with Gasteiger partial charge in [0, 0.05) is 0 Å². The minimum Gasteiger partial charge on any atom is -0.378 e. The number of hydrogen-bond donors (Lipinski definition) is 1. The molecule has 3 heteroatoms. The fourth-order valence-electron chi connectivity index (χ4n) is 2.97. The summed E-state index contributed by atoms with van der Waals surface area (Å²) in [6.45, 7) is 4.45. The average molecular weight is 375 g/mol. The first kappa shape index (κ1) is 19.2. The van der Waals surface area contributed by atoms with Gasteiger partial charge in [-0.1, -0.05) is 98.4 Å². The van der Waals surface area contributed by atoms with Gasteiger partial charge in [0.05, 0.1) is 10.9 Å². The zero-order chi connectivity index (χ0) is 19.1. The molecule has 2 N–H and O–H groups in total. The summed E-state index contributed by atoms with van der Waals surface area (Å²) in [4.78, 5) is 4.63. The molecule has 3 rings (SSSR count). The molecule has 0 aliphatic carbocycles. The summed E-state index contributed by atoms with van der Waals surface area (Å²) in [7, 11) is 0. The van der Waals surface area contributed by atoms with Crippen molar-refractivity contribution >= 4 is 22.6 Å². The quantitative estimate of drug-likeness (QED) is 0.386. The first-order chi connectivity index (χ1) is 13.2. The van der Waals surface area contributed by atoms with Gasteiger partial charge in [-0.15, -0.1) is 0 Å². The van der Waals surface area contributed by atoms with E-state index in [0.29, 0.717) is 11.1 Å². The normalized spacial score (nSPS) is 12.9. The molecule has 0 saturated carbocycles. The molecule has 27 heavy (non-hydrogen) atoms. The topological polar surface area (TPSA) is 38.4 Å². The smallest absolute Gasteiger partial charge is 0.160 e. The molecular weight excluding hydrogens is 348 g/mol. The van der Waals surface area contributed by atoms with Crippen LogP contribution in [0, 0.1) is 0 Å². The fourth-order valence-corrected chi connectivity index (χ4v) is 3.96. The third-order valence-electron chi connectivity index (χ3n) is 4.76. The number of rotatable bonds is 6. The molecule has 0 fully saturated rings. The molecule has 0 saturated heterocycles. The highest BCUT2D eigenvalue weighted by atomic mass is 32.2. The van der Waals surface area contributed by atoms with Crippen molar-refractivity contribution in [1.29, 1.82) is 0 Å². The predicted octanol–water partition coefficient (Wildman–Crippen LogP) is 6.67. The maximum absolute atomic E-state index is 6.32. The highest BCUT2D eigenvalue weighted by molar-refractivity contribution is 8.14. The largest absolute Gasteiger partial charge is 0.378 e. The van der Waals surface area contributed by atoms with Gasteiger partial charge in [0.1, 0.15) is 0 Å². The maximum atomic E-state index is 6.32. The highest BCUT2D eigenvalue weighted by Crippen LogP contribution is 2.36. The minimum absolute atomic E-state index is 0.121. The molecule has 2 nitrogen and oxygen atoms in total. The van der Waals surface area contributed by atoms with Crippen molar-refractivity contribution in [1.82, 2.24) is 0 Å².